The van der Waals surface area contributed by atoms with Crippen LogP contribution in [0.5, 0.6) is 0 Å². The van der Waals surface area contributed by atoms with Gasteiger partial charge in [0.2, 0.25) is 0 Å². The first-order valence-electron chi connectivity index (χ1n) is 5.96. The third-order valence-corrected chi connectivity index (χ3v) is 8.14. The van der Waals surface area contributed by atoms with Crippen LogP contribution in [0.2, 0.25) is 14.8 Å². The predicted molar refractivity (Wildman–Crippen MR) is 76.2 cm³/mol. The average Bonchev–Trinajstić information content (AvgIpc) is 2.65. The summed E-state index contributed by atoms with van der Waals surface area (Å²) < 4.78 is 3.02. The van der Waals surface area contributed by atoms with Gasteiger partial charge in [-0.05, 0) is 0 Å². The topological polar surface area (TPSA) is 55.6 Å². The van der Waals surface area contributed by atoms with Gasteiger partial charge in [-0.1, -0.05) is 0 Å². The van der Waals surface area contributed by atoms with Crippen molar-refractivity contribution in [3.05, 3.63) is 24.2 Å². The van der Waals surface area contributed by atoms with Crippen molar-refractivity contribution in [3.8, 4) is 0 Å². The molecule has 6 heteroatoms. The van der Waals surface area contributed by atoms with E-state index < -0.39 is 18.4 Å². The maximum absolute atomic E-state index is 4.68. The fraction of sp³-hybridized carbons (Fsp3) is 0.417. The van der Waals surface area contributed by atoms with Crippen molar-refractivity contribution in [3.63, 3.8) is 0 Å². The Bertz CT molecular complexity index is 556. The van der Waals surface area contributed by atoms with Gasteiger partial charge in [0.1, 0.15) is 0 Å². The van der Waals surface area contributed by atoms with E-state index in [1.54, 1.807) is 10.9 Å². The van der Waals surface area contributed by atoms with Crippen molar-refractivity contribution in [2.24, 2.45) is 7.05 Å². The quantitative estimate of drug-likeness (QED) is 0.857. The number of aromatic nitrogens is 4. The zero-order valence-electron chi connectivity index (χ0n) is 11.5. The van der Waals surface area contributed by atoms with E-state index in [9.17, 15) is 0 Å². The Morgan fingerprint density at radius 2 is 1.94 bits per heavy atom. The third-order valence-electron chi connectivity index (χ3n) is 2.64. The van der Waals surface area contributed by atoms with Crippen molar-refractivity contribution >= 4 is 33.7 Å². The van der Waals surface area contributed by atoms with Gasteiger partial charge in [-0.15, -0.1) is 0 Å². The molecule has 5 nitrogen and oxygen atoms in total. The molecule has 2 heterocycles. The normalized spacial score (nSPS) is 11.6. The Morgan fingerprint density at radius 1 is 1.22 bits per heavy atom. The molecule has 0 saturated carbocycles. The van der Waals surface area contributed by atoms with Crippen molar-refractivity contribution < 1.29 is 0 Å². The number of nitrogens with one attached hydrogen (secondary N) is 1. The van der Waals surface area contributed by atoms with Crippen LogP contribution in [0.15, 0.2) is 18.6 Å². The Balaban J connectivity index is 2.30. The molecule has 2 aromatic heterocycles. The number of nitrogens with zero attached hydrogens (tertiary/aromatic N) is 4. The molecule has 96 valence electrons. The first-order chi connectivity index (χ1) is 8.36. The van der Waals surface area contributed by atoms with E-state index in [1.807, 2.05) is 19.4 Å². The van der Waals surface area contributed by atoms with Crippen LogP contribution in [-0.4, -0.2) is 38.1 Å². The molecule has 0 bridgehead atoms. The molecule has 0 unspecified atom stereocenters. The first kappa shape index (κ1) is 13.3. The van der Waals surface area contributed by atoms with Gasteiger partial charge in [0.05, 0.1) is 0 Å². The van der Waals surface area contributed by atoms with Gasteiger partial charge in [-0.25, -0.2) is 0 Å². The number of hydrogen-bond acceptors (Lipinski definition) is 4. The van der Waals surface area contributed by atoms with E-state index in [1.165, 1.54) is 9.27 Å². The van der Waals surface area contributed by atoms with Gasteiger partial charge < -0.3 is 0 Å². The Labute approximate surface area is 112 Å². The molecule has 2 aromatic rings. The van der Waals surface area contributed by atoms with Crippen LogP contribution < -0.4 is 9.03 Å². The molecular weight excluding hydrogens is 333 g/mol. The molecule has 0 amide bonds. The van der Waals surface area contributed by atoms with Gasteiger partial charge >= 0.3 is 112 Å². The summed E-state index contributed by atoms with van der Waals surface area (Å²) in [6, 6.07) is 0. The molecule has 0 aromatic carbocycles. The van der Waals surface area contributed by atoms with Crippen LogP contribution >= 0.6 is 0 Å². The first-order valence-corrected chi connectivity index (χ1v) is 15.9. The van der Waals surface area contributed by atoms with Gasteiger partial charge in [0, 0.05) is 0 Å². The van der Waals surface area contributed by atoms with E-state index in [0.29, 0.717) is 5.95 Å². The predicted octanol–water partition coefficient (Wildman–Crippen LogP) is 1.81. The van der Waals surface area contributed by atoms with Crippen LogP contribution in [0.4, 0.5) is 11.6 Å². The zero-order valence-corrected chi connectivity index (χ0v) is 14.4. The molecule has 0 spiro atoms. The van der Waals surface area contributed by atoms with E-state index in [2.05, 4.69) is 42.1 Å². The second kappa shape index (κ2) is 4.87. The van der Waals surface area contributed by atoms with E-state index in [4.69, 9.17) is 0 Å². The molecule has 0 radical (unpaired) electrons. The summed E-state index contributed by atoms with van der Waals surface area (Å²) in [5, 5.41) is 7.31. The molecular formula is C12H19N5Sn. The van der Waals surface area contributed by atoms with Crippen molar-refractivity contribution in [1.29, 1.82) is 0 Å². The average molecular weight is 352 g/mol. The zero-order chi connectivity index (χ0) is 13.3. The molecule has 2 rings (SSSR count). The Kier molecular flexibility index (Phi) is 3.61. The summed E-state index contributed by atoms with van der Waals surface area (Å²) in [6.45, 7) is 2.09. The van der Waals surface area contributed by atoms with Crippen LogP contribution in [0.1, 0.15) is 5.56 Å². The number of rotatable bonds is 3. The van der Waals surface area contributed by atoms with Gasteiger partial charge in [0.25, 0.3) is 0 Å². The SMILES string of the molecule is Cc1cnc(Nc2cnn(C)c2)n[c]1[Sn]([CH3])([CH3])[CH3]. The number of aryl methyl sites for hydroxylation is 2. The fourth-order valence-corrected chi connectivity index (χ4v) is 6.70. The number of hydrogen-bond donors (Lipinski definition) is 1. The molecule has 0 saturated heterocycles. The second-order valence-corrected chi connectivity index (χ2v) is 19.7. The molecule has 1 N–H and O–H groups in total. The van der Waals surface area contributed by atoms with Crippen molar-refractivity contribution in [2.75, 3.05) is 5.32 Å². The summed E-state index contributed by atoms with van der Waals surface area (Å²) in [6.07, 6.45) is 5.58. The Hall–Kier alpha value is -1.11. The summed E-state index contributed by atoms with van der Waals surface area (Å²) >= 11 is -2.17. The van der Waals surface area contributed by atoms with E-state index in [0.717, 1.165) is 5.69 Å². The van der Waals surface area contributed by atoms with Gasteiger partial charge in [-0.3, -0.25) is 0 Å². The van der Waals surface area contributed by atoms with Crippen molar-refractivity contribution in [1.82, 2.24) is 19.7 Å². The molecule has 0 fully saturated rings. The molecule has 0 aliphatic heterocycles. The molecule has 0 aliphatic carbocycles. The Morgan fingerprint density at radius 3 is 2.50 bits per heavy atom. The summed E-state index contributed by atoms with van der Waals surface area (Å²) in [5.74, 6) is 0.662. The maximum atomic E-state index is 4.68. The van der Waals surface area contributed by atoms with Crippen LogP contribution in [0.3, 0.4) is 0 Å². The van der Waals surface area contributed by atoms with Crippen LogP contribution in [0, 0.1) is 6.92 Å². The summed E-state index contributed by atoms with van der Waals surface area (Å²) in [5.41, 5.74) is 2.12. The fourth-order valence-electron chi connectivity index (χ4n) is 1.88. The van der Waals surface area contributed by atoms with Gasteiger partial charge in [-0.2, -0.15) is 0 Å². The third kappa shape index (κ3) is 3.01. The number of anilines is 2. The van der Waals surface area contributed by atoms with Crippen molar-refractivity contribution in [2.45, 2.75) is 21.7 Å². The minimum atomic E-state index is -2.17. The standard InChI is InChI=1S/C9H10N5.3CH3.Sn/c1-7-3-10-9(11-4-7)13-8-5-12-14(2)6-8;;;;/h3,5-6H,1-2H3,(H,10,11,13);3*1H3;. The van der Waals surface area contributed by atoms with Crippen LogP contribution in [0.25, 0.3) is 0 Å². The van der Waals surface area contributed by atoms with E-state index in [-0.39, 0.29) is 0 Å². The summed E-state index contributed by atoms with van der Waals surface area (Å²) in [4.78, 5) is 16.1. The molecule has 18 heavy (non-hydrogen) atoms. The summed E-state index contributed by atoms with van der Waals surface area (Å²) in [7, 11) is 1.89. The minimum absolute atomic E-state index is 0.662. The van der Waals surface area contributed by atoms with Crippen LogP contribution in [-0.2, 0) is 7.05 Å². The second-order valence-electron chi connectivity index (χ2n) is 5.50. The molecule has 0 aliphatic rings. The van der Waals surface area contributed by atoms with Gasteiger partial charge in [0.15, 0.2) is 0 Å². The van der Waals surface area contributed by atoms with E-state index >= 15 is 0 Å². The monoisotopic (exact) mass is 353 g/mol. The molecule has 0 atom stereocenters.